The van der Waals surface area contributed by atoms with Crippen molar-refractivity contribution < 1.29 is 4.79 Å². The fourth-order valence-electron chi connectivity index (χ4n) is 1.63. The number of nitrogens with zero attached hydrogens (tertiary/aromatic N) is 3. The molecule has 0 spiro atoms. The topological polar surface area (TPSA) is 85.8 Å². The lowest BCUT2D eigenvalue weighted by Crippen LogP contribution is -2.26. The van der Waals surface area contributed by atoms with Gasteiger partial charge in [0, 0.05) is 25.6 Å². The molecule has 2 aromatic heterocycles. The normalized spacial score (nSPS) is 9.90. The molecular formula is C13H15N5OS. The number of nitrogens with one attached hydrogen (secondary N) is 1. The van der Waals surface area contributed by atoms with Gasteiger partial charge in [-0.15, -0.1) is 21.5 Å². The zero-order valence-corrected chi connectivity index (χ0v) is 11.9. The minimum atomic E-state index is -0.122. The summed E-state index contributed by atoms with van der Waals surface area (Å²) < 4.78 is 1.83. The Morgan fingerprint density at radius 2 is 2.45 bits per heavy atom. The Balaban J connectivity index is 1.92. The summed E-state index contributed by atoms with van der Waals surface area (Å²) in [5, 5.41) is 12.5. The van der Waals surface area contributed by atoms with E-state index in [2.05, 4.69) is 27.4 Å². The van der Waals surface area contributed by atoms with E-state index in [4.69, 9.17) is 5.73 Å². The highest BCUT2D eigenvalue weighted by atomic mass is 32.1. The maximum atomic E-state index is 12.1. The maximum Gasteiger partial charge on any atom is 0.262 e. The van der Waals surface area contributed by atoms with Crippen LogP contribution in [-0.4, -0.2) is 33.8 Å². The molecular weight excluding hydrogens is 274 g/mol. The van der Waals surface area contributed by atoms with Crippen molar-refractivity contribution in [2.45, 2.75) is 6.42 Å². The summed E-state index contributed by atoms with van der Waals surface area (Å²) in [6.07, 6.45) is 2.27. The quantitative estimate of drug-likeness (QED) is 0.785. The van der Waals surface area contributed by atoms with Gasteiger partial charge in [-0.3, -0.25) is 4.79 Å². The molecule has 2 heterocycles. The molecule has 0 saturated heterocycles. The van der Waals surface area contributed by atoms with Crippen LogP contribution in [0.1, 0.15) is 21.1 Å². The maximum absolute atomic E-state index is 12.1. The van der Waals surface area contributed by atoms with E-state index >= 15 is 0 Å². The zero-order chi connectivity index (χ0) is 14.4. The number of carbonyl (C=O) groups is 1. The van der Waals surface area contributed by atoms with E-state index in [9.17, 15) is 4.79 Å². The molecule has 7 heteroatoms. The van der Waals surface area contributed by atoms with Gasteiger partial charge in [-0.1, -0.05) is 11.8 Å². The average Bonchev–Trinajstić information content (AvgIpc) is 3.06. The van der Waals surface area contributed by atoms with Crippen LogP contribution < -0.4 is 11.1 Å². The number of aromatic nitrogens is 3. The Morgan fingerprint density at radius 1 is 1.60 bits per heavy atom. The van der Waals surface area contributed by atoms with Crippen LogP contribution in [0.2, 0.25) is 0 Å². The molecule has 0 radical (unpaired) electrons. The first-order chi connectivity index (χ1) is 9.72. The van der Waals surface area contributed by atoms with Crippen LogP contribution in [0.3, 0.4) is 0 Å². The van der Waals surface area contributed by atoms with Crippen LogP contribution in [0.4, 0.5) is 0 Å². The Labute approximate surface area is 121 Å². The van der Waals surface area contributed by atoms with E-state index in [1.165, 1.54) is 11.3 Å². The van der Waals surface area contributed by atoms with Crippen LogP contribution in [0.25, 0.3) is 0 Å². The molecule has 0 atom stereocenters. The first-order valence-corrected chi connectivity index (χ1v) is 6.98. The van der Waals surface area contributed by atoms with Crippen LogP contribution in [0, 0.1) is 11.8 Å². The first kappa shape index (κ1) is 14.2. The summed E-state index contributed by atoms with van der Waals surface area (Å²) in [4.78, 5) is 12.7. The van der Waals surface area contributed by atoms with Gasteiger partial charge in [-0.2, -0.15) is 0 Å². The molecule has 2 aromatic rings. The number of nitrogens with two attached hydrogens (primary N) is 1. The van der Waals surface area contributed by atoms with Gasteiger partial charge >= 0.3 is 0 Å². The van der Waals surface area contributed by atoms with E-state index < -0.39 is 0 Å². The van der Waals surface area contributed by atoms with Gasteiger partial charge in [0.15, 0.2) is 0 Å². The number of thiophene rings is 1. The van der Waals surface area contributed by atoms with Gasteiger partial charge in [0.2, 0.25) is 0 Å². The summed E-state index contributed by atoms with van der Waals surface area (Å²) >= 11 is 1.37. The first-order valence-electron chi connectivity index (χ1n) is 6.10. The Morgan fingerprint density at radius 3 is 3.15 bits per heavy atom. The van der Waals surface area contributed by atoms with Crippen molar-refractivity contribution in [3.05, 3.63) is 34.0 Å². The molecule has 0 bridgehead atoms. The molecule has 0 aromatic carbocycles. The third-order valence-electron chi connectivity index (χ3n) is 2.64. The molecule has 0 aliphatic heterocycles. The van der Waals surface area contributed by atoms with Gasteiger partial charge in [-0.05, 0) is 11.4 Å². The molecule has 20 heavy (non-hydrogen) atoms. The number of rotatable bonds is 4. The molecule has 1 amide bonds. The minimum absolute atomic E-state index is 0.122. The molecule has 0 aliphatic carbocycles. The molecule has 104 valence electrons. The Hall–Kier alpha value is -2.17. The van der Waals surface area contributed by atoms with Crippen molar-refractivity contribution in [2.75, 3.05) is 13.1 Å². The number of aryl methyl sites for hydroxylation is 1. The molecule has 3 N–H and O–H groups in total. The summed E-state index contributed by atoms with van der Waals surface area (Å²) in [6, 6.07) is 1.82. The second-order valence-electron chi connectivity index (χ2n) is 4.03. The van der Waals surface area contributed by atoms with Crippen molar-refractivity contribution in [3.8, 4) is 11.8 Å². The van der Waals surface area contributed by atoms with Gasteiger partial charge in [0.25, 0.3) is 5.91 Å². The van der Waals surface area contributed by atoms with Crippen LogP contribution in [-0.2, 0) is 13.5 Å². The summed E-state index contributed by atoms with van der Waals surface area (Å²) in [7, 11) is 1.87. The average molecular weight is 289 g/mol. The highest BCUT2D eigenvalue weighted by Gasteiger charge is 2.11. The van der Waals surface area contributed by atoms with Gasteiger partial charge in [0.1, 0.15) is 17.0 Å². The van der Waals surface area contributed by atoms with Crippen LogP contribution >= 0.6 is 11.3 Å². The predicted octanol–water partition coefficient (Wildman–Crippen LogP) is 0.159. The van der Waals surface area contributed by atoms with E-state index in [0.717, 1.165) is 11.4 Å². The third kappa shape index (κ3) is 3.44. The summed E-state index contributed by atoms with van der Waals surface area (Å²) in [5.74, 6) is 6.36. The fourth-order valence-corrected chi connectivity index (χ4v) is 2.40. The van der Waals surface area contributed by atoms with E-state index in [1.54, 1.807) is 6.33 Å². The summed E-state index contributed by atoms with van der Waals surface area (Å²) in [6.45, 7) is 0.788. The minimum Gasteiger partial charge on any atom is -0.351 e. The monoisotopic (exact) mass is 289 g/mol. The highest BCUT2D eigenvalue weighted by Crippen LogP contribution is 2.15. The SMILES string of the molecule is Cn1cnnc1CCNC(=O)c1sccc1C#CCN. The summed E-state index contributed by atoms with van der Waals surface area (Å²) in [5.41, 5.74) is 6.05. The second kappa shape index (κ2) is 6.84. The molecule has 0 saturated carbocycles. The number of amides is 1. The van der Waals surface area contributed by atoms with Crippen molar-refractivity contribution in [1.82, 2.24) is 20.1 Å². The predicted molar refractivity (Wildman–Crippen MR) is 77.3 cm³/mol. The smallest absolute Gasteiger partial charge is 0.262 e. The molecule has 6 nitrogen and oxygen atoms in total. The Bertz CT molecular complexity index is 649. The molecule has 2 rings (SSSR count). The van der Waals surface area contributed by atoms with Crippen molar-refractivity contribution in [1.29, 1.82) is 0 Å². The van der Waals surface area contributed by atoms with Crippen molar-refractivity contribution in [3.63, 3.8) is 0 Å². The lowest BCUT2D eigenvalue weighted by Gasteiger charge is -2.03. The third-order valence-corrected chi connectivity index (χ3v) is 3.55. The van der Waals surface area contributed by atoms with Gasteiger partial charge in [0.05, 0.1) is 6.54 Å². The van der Waals surface area contributed by atoms with E-state index in [0.29, 0.717) is 17.8 Å². The number of hydrogen-bond donors (Lipinski definition) is 2. The van der Waals surface area contributed by atoms with E-state index in [1.807, 2.05) is 23.1 Å². The molecule has 0 unspecified atom stereocenters. The number of hydrogen-bond acceptors (Lipinski definition) is 5. The van der Waals surface area contributed by atoms with Crippen molar-refractivity contribution in [2.24, 2.45) is 12.8 Å². The van der Waals surface area contributed by atoms with Crippen LogP contribution in [0.5, 0.6) is 0 Å². The van der Waals surface area contributed by atoms with Crippen LogP contribution in [0.15, 0.2) is 17.8 Å². The van der Waals surface area contributed by atoms with Gasteiger partial charge < -0.3 is 15.6 Å². The van der Waals surface area contributed by atoms with Gasteiger partial charge in [-0.25, -0.2) is 0 Å². The molecule has 0 fully saturated rings. The highest BCUT2D eigenvalue weighted by molar-refractivity contribution is 7.12. The standard InChI is InChI=1S/C13H15N5OS/c1-18-9-16-17-11(18)4-7-15-13(19)12-10(3-2-6-14)5-8-20-12/h5,8-9H,4,6-7,14H2,1H3,(H,15,19). The largest absolute Gasteiger partial charge is 0.351 e. The second-order valence-corrected chi connectivity index (χ2v) is 4.95. The number of carbonyl (C=O) groups excluding carboxylic acids is 1. The Kier molecular flexibility index (Phi) is 4.87. The fraction of sp³-hybridized carbons (Fsp3) is 0.308. The zero-order valence-electron chi connectivity index (χ0n) is 11.1. The lowest BCUT2D eigenvalue weighted by atomic mass is 10.2. The van der Waals surface area contributed by atoms with Crippen molar-refractivity contribution >= 4 is 17.2 Å². The van der Waals surface area contributed by atoms with E-state index in [-0.39, 0.29) is 12.5 Å². The molecule has 0 aliphatic rings. The lowest BCUT2D eigenvalue weighted by molar-refractivity contribution is 0.0957.